The zero-order valence-corrected chi connectivity index (χ0v) is 10.6. The number of benzene rings is 1. The van der Waals surface area contributed by atoms with Crippen molar-refractivity contribution in [3.8, 4) is 0 Å². The van der Waals surface area contributed by atoms with Crippen LogP contribution in [0.2, 0.25) is 0 Å². The third-order valence-corrected chi connectivity index (χ3v) is 2.43. The molecule has 2 aromatic rings. The lowest BCUT2D eigenvalue weighted by Crippen LogP contribution is -2.14. The molecule has 0 atom stereocenters. The second-order valence-corrected chi connectivity index (χ2v) is 3.92. The molecule has 0 bridgehead atoms. The van der Waals surface area contributed by atoms with Gasteiger partial charge in [0.15, 0.2) is 0 Å². The first-order valence-electron chi connectivity index (χ1n) is 5.93. The minimum absolute atomic E-state index is 0.218. The molecule has 0 radical (unpaired) electrons. The molecule has 1 aromatic carbocycles. The predicted molar refractivity (Wildman–Crippen MR) is 75.1 cm³/mol. The molecule has 0 spiro atoms. The maximum Gasteiger partial charge on any atom is 0.274 e. The van der Waals surface area contributed by atoms with Gasteiger partial charge in [-0.05, 0) is 24.3 Å². The lowest BCUT2D eigenvalue weighted by molar-refractivity contribution is 0.102. The second kappa shape index (κ2) is 6.42. The zero-order chi connectivity index (χ0) is 14.4. The number of carbonyl (C=O) groups is 1. The summed E-state index contributed by atoms with van der Waals surface area (Å²) < 4.78 is 12.8. The number of amides is 1. The van der Waals surface area contributed by atoms with Crippen molar-refractivity contribution in [1.82, 2.24) is 9.97 Å². The fourth-order valence-corrected chi connectivity index (χ4v) is 1.48. The Balaban J connectivity index is 2.08. The first-order valence-corrected chi connectivity index (χ1v) is 5.93. The summed E-state index contributed by atoms with van der Waals surface area (Å²) in [6.45, 7) is 4.12. The van der Waals surface area contributed by atoms with E-state index < -0.39 is 0 Å². The molecule has 2 N–H and O–H groups in total. The van der Waals surface area contributed by atoms with Gasteiger partial charge in [-0.3, -0.25) is 4.79 Å². The first kappa shape index (κ1) is 13.7. The Bertz CT molecular complexity index is 613. The van der Waals surface area contributed by atoms with Crippen LogP contribution in [0.15, 0.2) is 49.3 Å². The third-order valence-electron chi connectivity index (χ3n) is 2.43. The molecule has 102 valence electrons. The normalized spacial score (nSPS) is 9.85. The molecule has 0 fully saturated rings. The summed E-state index contributed by atoms with van der Waals surface area (Å²) in [5, 5.41) is 5.59. The van der Waals surface area contributed by atoms with Gasteiger partial charge in [0.05, 0.1) is 0 Å². The zero-order valence-electron chi connectivity index (χ0n) is 10.6. The van der Waals surface area contributed by atoms with E-state index in [0.29, 0.717) is 18.1 Å². The van der Waals surface area contributed by atoms with E-state index in [9.17, 15) is 9.18 Å². The van der Waals surface area contributed by atoms with E-state index in [-0.39, 0.29) is 17.4 Å². The maximum absolute atomic E-state index is 12.8. The number of nitrogens with one attached hydrogen (secondary N) is 2. The van der Waals surface area contributed by atoms with Gasteiger partial charge >= 0.3 is 0 Å². The Morgan fingerprint density at radius 3 is 2.75 bits per heavy atom. The van der Waals surface area contributed by atoms with Crippen LogP contribution in [-0.2, 0) is 0 Å². The molecular formula is C14H13FN4O. The van der Waals surface area contributed by atoms with Crippen LogP contribution < -0.4 is 10.6 Å². The van der Waals surface area contributed by atoms with Gasteiger partial charge in [0.2, 0.25) is 0 Å². The Morgan fingerprint density at radius 2 is 2.05 bits per heavy atom. The molecule has 0 saturated carbocycles. The van der Waals surface area contributed by atoms with Gasteiger partial charge in [-0.15, -0.1) is 6.58 Å². The van der Waals surface area contributed by atoms with Crippen LogP contribution in [-0.4, -0.2) is 22.4 Å². The summed E-state index contributed by atoms with van der Waals surface area (Å²) in [6, 6.07) is 7.03. The topological polar surface area (TPSA) is 66.9 Å². The molecule has 0 aliphatic rings. The van der Waals surface area contributed by atoms with Gasteiger partial charge < -0.3 is 10.6 Å². The van der Waals surface area contributed by atoms with Crippen molar-refractivity contribution in [1.29, 1.82) is 0 Å². The van der Waals surface area contributed by atoms with Crippen molar-refractivity contribution in [3.63, 3.8) is 0 Å². The number of rotatable bonds is 5. The first-order chi connectivity index (χ1) is 9.69. The molecule has 2 rings (SSSR count). The van der Waals surface area contributed by atoms with Gasteiger partial charge in [-0.1, -0.05) is 6.08 Å². The van der Waals surface area contributed by atoms with Crippen molar-refractivity contribution in [2.45, 2.75) is 0 Å². The van der Waals surface area contributed by atoms with Crippen LogP contribution in [0.3, 0.4) is 0 Å². The van der Waals surface area contributed by atoms with Crippen molar-refractivity contribution in [3.05, 3.63) is 60.8 Å². The van der Waals surface area contributed by atoms with Gasteiger partial charge in [0.1, 0.15) is 23.7 Å². The quantitative estimate of drug-likeness (QED) is 0.820. The molecule has 6 heteroatoms. The van der Waals surface area contributed by atoms with Crippen molar-refractivity contribution in [2.24, 2.45) is 0 Å². The Kier molecular flexibility index (Phi) is 4.39. The minimum atomic E-state index is -0.388. The molecular weight excluding hydrogens is 259 g/mol. The molecule has 1 aromatic heterocycles. The Hall–Kier alpha value is -2.76. The molecule has 5 nitrogen and oxygen atoms in total. The van der Waals surface area contributed by atoms with E-state index in [1.165, 1.54) is 36.7 Å². The number of nitrogens with zero attached hydrogens (tertiary/aromatic N) is 2. The number of aromatic nitrogens is 2. The Morgan fingerprint density at radius 1 is 1.30 bits per heavy atom. The highest BCUT2D eigenvalue weighted by Gasteiger charge is 2.09. The summed E-state index contributed by atoms with van der Waals surface area (Å²) in [5.41, 5.74) is 0.714. The van der Waals surface area contributed by atoms with Gasteiger partial charge in [0.25, 0.3) is 5.91 Å². The standard InChI is InChI=1S/C14H13FN4O/c1-2-7-16-13-8-12(17-9-18-13)14(20)19-11-5-3-10(15)4-6-11/h2-6,8-9H,1,7H2,(H,19,20)(H,16,17,18). The fourth-order valence-electron chi connectivity index (χ4n) is 1.48. The smallest absolute Gasteiger partial charge is 0.274 e. The van der Waals surface area contributed by atoms with E-state index >= 15 is 0 Å². The largest absolute Gasteiger partial charge is 0.366 e. The molecule has 0 saturated heterocycles. The lowest BCUT2D eigenvalue weighted by Gasteiger charge is -2.06. The number of anilines is 2. The average Bonchev–Trinajstić information content (AvgIpc) is 2.48. The monoisotopic (exact) mass is 272 g/mol. The second-order valence-electron chi connectivity index (χ2n) is 3.92. The predicted octanol–water partition coefficient (Wildman–Crippen LogP) is 2.47. The van der Waals surface area contributed by atoms with Crippen molar-refractivity contribution in [2.75, 3.05) is 17.2 Å². The van der Waals surface area contributed by atoms with Crippen molar-refractivity contribution < 1.29 is 9.18 Å². The van der Waals surface area contributed by atoms with Gasteiger partial charge in [-0.2, -0.15) is 0 Å². The van der Waals surface area contributed by atoms with Gasteiger partial charge in [-0.25, -0.2) is 14.4 Å². The van der Waals surface area contributed by atoms with Crippen LogP contribution in [0.1, 0.15) is 10.5 Å². The number of hydrogen-bond donors (Lipinski definition) is 2. The summed E-state index contributed by atoms with van der Waals surface area (Å²) in [6.07, 6.45) is 2.98. The van der Waals surface area contributed by atoms with Crippen molar-refractivity contribution >= 4 is 17.4 Å². The van der Waals surface area contributed by atoms with E-state index in [2.05, 4.69) is 27.2 Å². The van der Waals surface area contributed by atoms with Gasteiger partial charge in [0, 0.05) is 18.3 Å². The lowest BCUT2D eigenvalue weighted by atomic mass is 10.3. The molecule has 0 aliphatic carbocycles. The minimum Gasteiger partial charge on any atom is -0.366 e. The van der Waals surface area contributed by atoms with Crippen LogP contribution >= 0.6 is 0 Å². The third kappa shape index (κ3) is 3.61. The summed E-state index contributed by atoms with van der Waals surface area (Å²) in [7, 11) is 0. The van der Waals surface area contributed by atoms with E-state index in [1.807, 2.05) is 0 Å². The highest BCUT2D eigenvalue weighted by molar-refractivity contribution is 6.03. The van der Waals surface area contributed by atoms with Crippen LogP contribution in [0.5, 0.6) is 0 Å². The van der Waals surface area contributed by atoms with E-state index in [0.717, 1.165) is 0 Å². The van der Waals surface area contributed by atoms with E-state index in [4.69, 9.17) is 0 Å². The maximum atomic E-state index is 12.8. The molecule has 1 amide bonds. The molecule has 0 aliphatic heterocycles. The fraction of sp³-hybridized carbons (Fsp3) is 0.0714. The average molecular weight is 272 g/mol. The Labute approximate surface area is 115 Å². The van der Waals surface area contributed by atoms with Crippen LogP contribution in [0.25, 0.3) is 0 Å². The van der Waals surface area contributed by atoms with E-state index in [1.54, 1.807) is 6.08 Å². The highest BCUT2D eigenvalue weighted by atomic mass is 19.1. The highest BCUT2D eigenvalue weighted by Crippen LogP contribution is 2.11. The number of carbonyl (C=O) groups excluding carboxylic acids is 1. The molecule has 20 heavy (non-hydrogen) atoms. The molecule has 0 unspecified atom stereocenters. The number of hydrogen-bond acceptors (Lipinski definition) is 4. The summed E-state index contributed by atoms with van der Waals surface area (Å²) in [4.78, 5) is 19.9. The number of halogens is 1. The molecule has 1 heterocycles. The summed E-state index contributed by atoms with van der Waals surface area (Å²) >= 11 is 0. The SMILES string of the molecule is C=CCNc1cc(C(=O)Nc2ccc(F)cc2)ncn1. The van der Waals surface area contributed by atoms with Crippen LogP contribution in [0, 0.1) is 5.82 Å². The van der Waals surface area contributed by atoms with Crippen LogP contribution in [0.4, 0.5) is 15.9 Å². The summed E-state index contributed by atoms with van der Waals surface area (Å²) in [5.74, 6) is -0.217.